The normalized spacial score (nSPS) is 11.0. The number of carbonyl (C=O) groups is 3. The van der Waals surface area contributed by atoms with E-state index in [2.05, 4.69) is 0 Å². The Bertz CT molecular complexity index is 2070. The van der Waals surface area contributed by atoms with Gasteiger partial charge >= 0.3 is 5.97 Å². The Morgan fingerprint density at radius 2 is 1.32 bits per heavy atom. The number of esters is 1. The van der Waals surface area contributed by atoms with E-state index in [1.165, 1.54) is 26.2 Å². The molecular formula is C35H21F4NO6S. The zero-order valence-corrected chi connectivity index (χ0v) is 25.3. The predicted molar refractivity (Wildman–Crippen MR) is 167 cm³/mol. The van der Waals surface area contributed by atoms with Gasteiger partial charge in [0.2, 0.25) is 5.88 Å². The van der Waals surface area contributed by atoms with Gasteiger partial charge in [-0.15, -0.1) is 11.3 Å². The molecule has 0 saturated carbocycles. The van der Waals surface area contributed by atoms with E-state index in [9.17, 15) is 14.4 Å². The van der Waals surface area contributed by atoms with Crippen molar-refractivity contribution in [3.05, 3.63) is 125 Å². The monoisotopic (exact) mass is 659 g/mol. The lowest BCUT2D eigenvalue weighted by molar-refractivity contribution is -0.131. The Hall–Kier alpha value is -5.75. The fourth-order valence-corrected chi connectivity index (χ4v) is 5.84. The second kappa shape index (κ2) is 12.6. The number of thiophene rings is 1. The standard InChI is InChI=1S/C35H21F4NO6S/c1-18(41)45-26-16-20(19-11-13-21(44-2)14-12-19)17-27-31(26)32(28-10-5-15-47-28)35(46-27)40(33(42)29-22(36)6-3-7-23(29)37)34(43)30-24(38)8-4-9-25(30)39/h3-17H,1-2H3. The van der Waals surface area contributed by atoms with Gasteiger partial charge in [0.05, 0.1) is 18.1 Å². The Morgan fingerprint density at radius 1 is 0.745 bits per heavy atom. The summed E-state index contributed by atoms with van der Waals surface area (Å²) in [7, 11) is 1.51. The summed E-state index contributed by atoms with van der Waals surface area (Å²) < 4.78 is 77.1. The van der Waals surface area contributed by atoms with E-state index in [4.69, 9.17) is 13.9 Å². The molecule has 2 heterocycles. The highest BCUT2D eigenvalue weighted by molar-refractivity contribution is 7.13. The molecule has 0 saturated heterocycles. The fourth-order valence-electron chi connectivity index (χ4n) is 5.08. The summed E-state index contributed by atoms with van der Waals surface area (Å²) in [5.41, 5.74) is -1.28. The van der Waals surface area contributed by atoms with Crippen LogP contribution >= 0.6 is 11.3 Å². The van der Waals surface area contributed by atoms with Crippen LogP contribution in [0, 0.1) is 23.3 Å². The van der Waals surface area contributed by atoms with Crippen molar-refractivity contribution in [1.29, 1.82) is 0 Å². The fraction of sp³-hybridized carbons (Fsp3) is 0.0571. The SMILES string of the molecule is COc1ccc(-c2cc(OC(C)=O)c3c(-c4cccs4)c(N(C(=O)c4c(F)cccc4F)C(=O)c4c(F)cccc4F)oc3c2)cc1. The molecule has 12 heteroatoms. The van der Waals surface area contributed by atoms with E-state index in [0.717, 1.165) is 47.7 Å². The van der Waals surface area contributed by atoms with Gasteiger partial charge in [-0.2, -0.15) is 0 Å². The highest BCUT2D eigenvalue weighted by Gasteiger charge is 2.38. The van der Waals surface area contributed by atoms with Crippen LogP contribution in [0.2, 0.25) is 0 Å². The molecule has 0 spiro atoms. The van der Waals surface area contributed by atoms with Crippen LogP contribution in [-0.4, -0.2) is 24.9 Å². The number of carbonyl (C=O) groups excluding carboxylic acids is 3. The van der Waals surface area contributed by atoms with Gasteiger partial charge in [0.25, 0.3) is 11.8 Å². The molecule has 7 nitrogen and oxygen atoms in total. The van der Waals surface area contributed by atoms with Gasteiger partial charge in [-0.05, 0) is 71.1 Å². The molecule has 0 bridgehead atoms. The largest absolute Gasteiger partial charge is 0.497 e. The van der Waals surface area contributed by atoms with E-state index in [1.807, 2.05) is 0 Å². The maximum absolute atomic E-state index is 15.0. The van der Waals surface area contributed by atoms with Crippen LogP contribution in [0.1, 0.15) is 27.6 Å². The van der Waals surface area contributed by atoms with Crippen molar-refractivity contribution >= 4 is 46.0 Å². The van der Waals surface area contributed by atoms with Gasteiger partial charge in [0.15, 0.2) is 0 Å². The van der Waals surface area contributed by atoms with Crippen molar-refractivity contribution in [2.24, 2.45) is 0 Å². The van der Waals surface area contributed by atoms with Crippen LogP contribution in [-0.2, 0) is 4.79 Å². The zero-order valence-electron chi connectivity index (χ0n) is 24.5. The topological polar surface area (TPSA) is 86.0 Å². The third kappa shape index (κ3) is 5.74. The number of hydrogen-bond acceptors (Lipinski definition) is 7. The molecule has 0 atom stereocenters. The minimum absolute atomic E-state index is 0.0114. The maximum Gasteiger partial charge on any atom is 0.308 e. The number of rotatable bonds is 7. The molecule has 236 valence electrons. The number of nitrogens with zero attached hydrogens (tertiary/aromatic N) is 1. The molecule has 0 unspecified atom stereocenters. The Morgan fingerprint density at radius 3 is 1.81 bits per heavy atom. The van der Waals surface area contributed by atoms with Crippen LogP contribution in [0.5, 0.6) is 11.5 Å². The summed E-state index contributed by atoms with van der Waals surface area (Å²) in [6.45, 7) is 1.17. The summed E-state index contributed by atoms with van der Waals surface area (Å²) in [5.74, 6) is -9.36. The van der Waals surface area contributed by atoms with E-state index < -0.39 is 58.1 Å². The highest BCUT2D eigenvalue weighted by Crippen LogP contribution is 2.48. The van der Waals surface area contributed by atoms with Crippen LogP contribution in [0.3, 0.4) is 0 Å². The number of imide groups is 1. The van der Waals surface area contributed by atoms with Crippen molar-refractivity contribution in [2.45, 2.75) is 6.92 Å². The van der Waals surface area contributed by atoms with E-state index >= 15 is 17.6 Å². The lowest BCUT2D eigenvalue weighted by Gasteiger charge is -2.21. The quantitative estimate of drug-likeness (QED) is 0.0737. The second-order valence-corrected chi connectivity index (χ2v) is 11.0. The van der Waals surface area contributed by atoms with Crippen molar-refractivity contribution < 1.29 is 45.8 Å². The van der Waals surface area contributed by atoms with E-state index in [0.29, 0.717) is 21.8 Å². The third-order valence-corrected chi connectivity index (χ3v) is 8.03. The summed E-state index contributed by atoms with van der Waals surface area (Å²) >= 11 is 1.13. The lowest BCUT2D eigenvalue weighted by Crippen LogP contribution is -2.39. The number of ether oxygens (including phenoxy) is 2. The van der Waals surface area contributed by atoms with Gasteiger partial charge < -0.3 is 13.9 Å². The van der Waals surface area contributed by atoms with E-state index in [1.54, 1.807) is 41.8 Å². The number of anilines is 1. The molecule has 4 aromatic carbocycles. The highest BCUT2D eigenvalue weighted by atomic mass is 32.1. The number of fused-ring (bicyclic) bond motifs is 1. The first-order valence-electron chi connectivity index (χ1n) is 13.8. The molecular weight excluding hydrogens is 638 g/mol. The molecule has 0 fully saturated rings. The number of hydrogen-bond donors (Lipinski definition) is 0. The van der Waals surface area contributed by atoms with Crippen molar-refractivity contribution in [3.8, 4) is 33.1 Å². The molecule has 0 aliphatic rings. The lowest BCUT2D eigenvalue weighted by atomic mass is 10.0. The average molecular weight is 660 g/mol. The minimum atomic E-state index is -1.60. The Balaban J connectivity index is 1.69. The predicted octanol–water partition coefficient (Wildman–Crippen LogP) is 8.81. The molecule has 0 N–H and O–H groups in total. The van der Waals surface area contributed by atoms with Crippen molar-refractivity contribution in [2.75, 3.05) is 12.0 Å². The number of furan rings is 1. The first kappa shape index (κ1) is 31.2. The van der Waals surface area contributed by atoms with Gasteiger partial charge in [0.1, 0.15) is 51.5 Å². The van der Waals surface area contributed by atoms with Gasteiger partial charge in [-0.3, -0.25) is 14.4 Å². The van der Waals surface area contributed by atoms with Crippen molar-refractivity contribution in [1.82, 2.24) is 0 Å². The molecule has 6 aromatic rings. The molecule has 6 rings (SSSR count). The number of benzene rings is 4. The smallest absolute Gasteiger partial charge is 0.308 e. The summed E-state index contributed by atoms with van der Waals surface area (Å²) in [6.07, 6.45) is 0. The molecule has 2 amide bonds. The number of methoxy groups -OCH3 is 1. The van der Waals surface area contributed by atoms with Crippen LogP contribution in [0.15, 0.2) is 94.7 Å². The van der Waals surface area contributed by atoms with Gasteiger partial charge in [0, 0.05) is 11.8 Å². The third-order valence-electron chi connectivity index (χ3n) is 7.14. The Labute approximate surface area is 268 Å². The molecule has 47 heavy (non-hydrogen) atoms. The Kier molecular flexibility index (Phi) is 8.35. The average Bonchev–Trinajstić information content (AvgIpc) is 3.69. The van der Waals surface area contributed by atoms with E-state index in [-0.39, 0.29) is 27.2 Å². The number of halogens is 4. The zero-order chi connectivity index (χ0) is 33.4. The maximum atomic E-state index is 15.0. The molecule has 2 aromatic heterocycles. The van der Waals surface area contributed by atoms with Crippen LogP contribution < -0.4 is 14.4 Å². The second-order valence-electron chi connectivity index (χ2n) is 10.1. The minimum Gasteiger partial charge on any atom is -0.497 e. The summed E-state index contributed by atoms with van der Waals surface area (Å²) in [5, 5.41) is 1.76. The van der Waals surface area contributed by atoms with Crippen LogP contribution in [0.25, 0.3) is 32.5 Å². The van der Waals surface area contributed by atoms with Gasteiger partial charge in [-0.1, -0.05) is 30.3 Å². The molecule has 0 aliphatic heterocycles. The van der Waals surface area contributed by atoms with Crippen LogP contribution in [0.4, 0.5) is 23.4 Å². The summed E-state index contributed by atoms with van der Waals surface area (Å²) in [4.78, 5) is 41.0. The first-order valence-corrected chi connectivity index (χ1v) is 14.7. The molecule has 0 radical (unpaired) electrons. The first-order chi connectivity index (χ1) is 22.6. The van der Waals surface area contributed by atoms with Crippen molar-refractivity contribution in [3.63, 3.8) is 0 Å². The number of amides is 2. The summed E-state index contributed by atoms with van der Waals surface area (Å²) in [6, 6.07) is 18.3. The van der Waals surface area contributed by atoms with Gasteiger partial charge in [-0.25, -0.2) is 22.5 Å². The molecule has 0 aliphatic carbocycles.